The van der Waals surface area contributed by atoms with Crippen LogP contribution in [0.25, 0.3) is 0 Å². The Labute approximate surface area is 125 Å². The molecule has 0 spiro atoms. The molecular formula is C14H14N4O2S. The fraction of sp³-hybridized carbons (Fsp3) is 0.214. The molecule has 7 heteroatoms. The van der Waals surface area contributed by atoms with Crippen LogP contribution in [-0.2, 0) is 11.2 Å². The van der Waals surface area contributed by atoms with E-state index in [1.807, 2.05) is 6.07 Å². The average Bonchev–Trinajstić information content (AvgIpc) is 2.78. The van der Waals surface area contributed by atoms with Gasteiger partial charge >= 0.3 is 0 Å². The van der Waals surface area contributed by atoms with Crippen LogP contribution >= 0.6 is 11.3 Å². The number of aromatic nitrogens is 1. The number of nitrogens with two attached hydrogens (primary N) is 1. The van der Waals surface area contributed by atoms with E-state index >= 15 is 0 Å². The molecule has 0 saturated carbocycles. The maximum absolute atomic E-state index is 12.2. The fourth-order valence-corrected chi connectivity index (χ4v) is 3.01. The van der Waals surface area contributed by atoms with Gasteiger partial charge in [-0.15, -0.1) is 0 Å². The minimum Gasteiger partial charge on any atom is -0.375 e. The van der Waals surface area contributed by atoms with Gasteiger partial charge in [0.1, 0.15) is 4.88 Å². The van der Waals surface area contributed by atoms with Crippen molar-refractivity contribution in [2.24, 2.45) is 0 Å². The first-order valence-corrected chi connectivity index (χ1v) is 7.31. The van der Waals surface area contributed by atoms with E-state index in [1.54, 1.807) is 19.1 Å². The average molecular weight is 302 g/mol. The van der Waals surface area contributed by atoms with Crippen LogP contribution in [0.5, 0.6) is 0 Å². The molecule has 3 rings (SSSR count). The van der Waals surface area contributed by atoms with Crippen LogP contribution in [0.4, 0.5) is 16.5 Å². The Bertz CT molecular complexity index is 739. The second-order valence-corrected chi connectivity index (χ2v) is 5.87. The molecule has 108 valence electrons. The van der Waals surface area contributed by atoms with Crippen molar-refractivity contribution in [1.29, 1.82) is 0 Å². The lowest BCUT2D eigenvalue weighted by Gasteiger charge is -2.17. The van der Waals surface area contributed by atoms with Gasteiger partial charge in [0.2, 0.25) is 5.91 Å². The molecule has 0 atom stereocenters. The molecule has 1 aliphatic heterocycles. The van der Waals surface area contributed by atoms with E-state index in [-0.39, 0.29) is 11.8 Å². The van der Waals surface area contributed by atoms with Crippen molar-refractivity contribution >= 4 is 39.7 Å². The van der Waals surface area contributed by atoms with E-state index in [0.29, 0.717) is 34.2 Å². The van der Waals surface area contributed by atoms with Gasteiger partial charge in [-0.2, -0.15) is 0 Å². The van der Waals surface area contributed by atoms with Gasteiger partial charge in [0.25, 0.3) is 5.91 Å². The molecule has 0 bridgehead atoms. The van der Waals surface area contributed by atoms with Gasteiger partial charge in [0.05, 0.1) is 5.69 Å². The van der Waals surface area contributed by atoms with E-state index in [9.17, 15) is 9.59 Å². The Morgan fingerprint density at radius 3 is 2.95 bits per heavy atom. The Morgan fingerprint density at radius 2 is 2.24 bits per heavy atom. The van der Waals surface area contributed by atoms with Crippen LogP contribution in [0.3, 0.4) is 0 Å². The molecule has 0 fully saturated rings. The maximum Gasteiger partial charge on any atom is 0.267 e. The van der Waals surface area contributed by atoms with Gasteiger partial charge in [-0.25, -0.2) is 4.98 Å². The third-order valence-electron chi connectivity index (χ3n) is 3.28. The Balaban J connectivity index is 1.81. The number of anilines is 3. The molecule has 4 N–H and O–H groups in total. The summed E-state index contributed by atoms with van der Waals surface area (Å²) in [6.07, 6.45) is 1.15. The molecule has 2 heterocycles. The summed E-state index contributed by atoms with van der Waals surface area (Å²) in [6.45, 7) is 1.75. The zero-order valence-corrected chi connectivity index (χ0v) is 12.2. The predicted molar refractivity (Wildman–Crippen MR) is 82.6 cm³/mol. The second kappa shape index (κ2) is 5.17. The number of carbonyl (C=O) groups excluding carboxylic acids is 2. The maximum atomic E-state index is 12.2. The van der Waals surface area contributed by atoms with E-state index in [0.717, 1.165) is 11.3 Å². The van der Waals surface area contributed by atoms with Crippen molar-refractivity contribution in [3.63, 3.8) is 0 Å². The normalized spacial score (nSPS) is 13.5. The van der Waals surface area contributed by atoms with Crippen molar-refractivity contribution in [3.8, 4) is 0 Å². The molecule has 0 aliphatic carbocycles. The topological polar surface area (TPSA) is 97.1 Å². The number of amides is 2. The number of hydrogen-bond donors (Lipinski definition) is 3. The van der Waals surface area contributed by atoms with E-state index in [2.05, 4.69) is 15.6 Å². The molecule has 1 aromatic heterocycles. The molecule has 0 unspecified atom stereocenters. The Morgan fingerprint density at radius 1 is 1.43 bits per heavy atom. The number of fused-ring (bicyclic) bond motifs is 1. The lowest BCUT2D eigenvalue weighted by atomic mass is 10.0. The molecule has 0 saturated heterocycles. The molecular weight excluding hydrogens is 288 g/mol. The van der Waals surface area contributed by atoms with E-state index in [4.69, 9.17) is 5.73 Å². The minimum absolute atomic E-state index is 0.0232. The minimum atomic E-state index is -0.221. The van der Waals surface area contributed by atoms with Gasteiger partial charge in [0, 0.05) is 17.8 Å². The summed E-state index contributed by atoms with van der Waals surface area (Å²) >= 11 is 1.17. The third-order valence-corrected chi connectivity index (χ3v) is 4.26. The first-order valence-electron chi connectivity index (χ1n) is 6.50. The largest absolute Gasteiger partial charge is 0.375 e. The molecule has 1 aliphatic rings. The number of rotatable bonds is 2. The summed E-state index contributed by atoms with van der Waals surface area (Å²) in [5.74, 6) is -0.198. The van der Waals surface area contributed by atoms with E-state index < -0.39 is 0 Å². The van der Waals surface area contributed by atoms with E-state index in [1.165, 1.54) is 11.3 Å². The van der Waals surface area contributed by atoms with Crippen LogP contribution < -0.4 is 16.4 Å². The zero-order valence-electron chi connectivity index (χ0n) is 11.4. The number of nitrogens with one attached hydrogen (secondary N) is 2. The van der Waals surface area contributed by atoms with Gasteiger partial charge in [-0.3, -0.25) is 9.59 Å². The molecule has 1 aromatic carbocycles. The molecule has 2 amide bonds. The van der Waals surface area contributed by atoms with Crippen molar-refractivity contribution in [1.82, 2.24) is 4.98 Å². The number of carbonyl (C=O) groups is 2. The predicted octanol–water partition coefficient (Wildman–Crippen LogP) is 2.17. The monoisotopic (exact) mass is 302 g/mol. The highest BCUT2D eigenvalue weighted by Crippen LogP contribution is 2.27. The summed E-state index contributed by atoms with van der Waals surface area (Å²) in [7, 11) is 0. The smallest absolute Gasteiger partial charge is 0.267 e. The summed E-state index contributed by atoms with van der Waals surface area (Å²) in [5, 5.41) is 6.03. The lowest BCUT2D eigenvalue weighted by Crippen LogP contribution is -2.19. The van der Waals surface area contributed by atoms with Crippen LogP contribution in [0.15, 0.2) is 18.2 Å². The number of aryl methyl sites for hydroxylation is 2. The fourth-order valence-electron chi connectivity index (χ4n) is 2.28. The molecule has 21 heavy (non-hydrogen) atoms. The summed E-state index contributed by atoms with van der Waals surface area (Å²) in [4.78, 5) is 28.1. The van der Waals surface area contributed by atoms with Crippen LogP contribution in [0.2, 0.25) is 0 Å². The first kappa shape index (κ1) is 13.6. The van der Waals surface area contributed by atoms with Crippen LogP contribution in [-0.4, -0.2) is 16.8 Å². The standard InChI is InChI=1S/C14H14N4O2S/c1-7-12(21-14(15)16-7)13(20)17-9-3-4-10-8(6-9)2-5-11(19)18-10/h3-4,6H,2,5H2,1H3,(H2,15,16)(H,17,20)(H,18,19). The van der Waals surface area contributed by atoms with Gasteiger partial charge < -0.3 is 16.4 Å². The zero-order chi connectivity index (χ0) is 15.0. The van der Waals surface area contributed by atoms with Crippen molar-refractivity contribution in [3.05, 3.63) is 34.3 Å². The highest BCUT2D eigenvalue weighted by atomic mass is 32.1. The Hall–Kier alpha value is -2.41. The summed E-state index contributed by atoms with van der Waals surface area (Å²) in [5.41, 5.74) is 8.75. The van der Waals surface area contributed by atoms with Crippen molar-refractivity contribution in [2.45, 2.75) is 19.8 Å². The van der Waals surface area contributed by atoms with Crippen LogP contribution in [0, 0.1) is 6.92 Å². The third kappa shape index (κ3) is 2.73. The highest BCUT2D eigenvalue weighted by Gasteiger charge is 2.17. The number of nitrogen functional groups attached to an aromatic ring is 1. The number of hydrogen-bond acceptors (Lipinski definition) is 5. The number of benzene rings is 1. The Kier molecular flexibility index (Phi) is 3.34. The SMILES string of the molecule is Cc1nc(N)sc1C(=O)Nc1ccc2c(c1)CCC(=O)N2. The van der Waals surface area contributed by atoms with Gasteiger partial charge in [0.15, 0.2) is 5.13 Å². The lowest BCUT2D eigenvalue weighted by molar-refractivity contribution is -0.116. The van der Waals surface area contributed by atoms with Crippen LogP contribution in [0.1, 0.15) is 27.3 Å². The summed E-state index contributed by atoms with van der Waals surface area (Å²) < 4.78 is 0. The first-order chi connectivity index (χ1) is 10.0. The number of thiazole rings is 1. The second-order valence-electron chi connectivity index (χ2n) is 4.84. The van der Waals surface area contributed by atoms with Crippen molar-refractivity contribution in [2.75, 3.05) is 16.4 Å². The molecule has 2 aromatic rings. The van der Waals surface area contributed by atoms with Crippen molar-refractivity contribution < 1.29 is 9.59 Å². The highest BCUT2D eigenvalue weighted by molar-refractivity contribution is 7.17. The van der Waals surface area contributed by atoms with Gasteiger partial charge in [-0.05, 0) is 37.1 Å². The molecule has 0 radical (unpaired) electrons. The summed E-state index contributed by atoms with van der Waals surface area (Å²) in [6, 6.07) is 5.45. The van der Waals surface area contributed by atoms with Gasteiger partial charge in [-0.1, -0.05) is 11.3 Å². The molecule has 6 nitrogen and oxygen atoms in total. The number of nitrogens with zero attached hydrogens (tertiary/aromatic N) is 1. The quantitative estimate of drug-likeness (QED) is 0.792.